The Morgan fingerprint density at radius 2 is 1.56 bits per heavy atom. The number of amides is 5. The highest BCUT2D eigenvalue weighted by atomic mass is 16.2. The van der Waals surface area contributed by atoms with Crippen LogP contribution in [-0.4, -0.2) is 87.2 Å². The van der Waals surface area contributed by atoms with E-state index in [0.29, 0.717) is 36.1 Å². The average molecular weight is 723 g/mol. The van der Waals surface area contributed by atoms with Gasteiger partial charge in [-0.25, -0.2) is 0 Å². The Kier molecular flexibility index (Phi) is 12.0. The molecule has 3 aliphatic carbocycles. The summed E-state index contributed by atoms with van der Waals surface area (Å²) in [6.45, 7) is 12.3. The molecule has 4 fully saturated rings. The van der Waals surface area contributed by atoms with Gasteiger partial charge < -0.3 is 31.2 Å². The first kappa shape index (κ1) is 39.2. The SMILES string of the molecule is CCC[C@H](NC(=O)[C@@H]1[C@@H]2CC[C@@H](C2)N1C(=O)[C@@H](NC(=O)[C@@H](NC(=O)c1[nH]c(C)c(C(C)=O)c1C)C1CCCCC1)C(C)(C)C)C(=O)C(=O)NC1CC1. The van der Waals surface area contributed by atoms with Crippen molar-refractivity contribution in [2.75, 3.05) is 0 Å². The summed E-state index contributed by atoms with van der Waals surface area (Å²) < 4.78 is 0. The first-order valence-electron chi connectivity index (χ1n) is 19.3. The zero-order valence-corrected chi connectivity index (χ0v) is 31.9. The number of ketones is 2. The summed E-state index contributed by atoms with van der Waals surface area (Å²) in [4.78, 5) is 99.4. The number of carbonyl (C=O) groups excluding carboxylic acids is 7. The molecule has 4 aliphatic rings. The number of nitrogens with one attached hydrogen (secondary N) is 5. The lowest BCUT2D eigenvalue weighted by molar-refractivity contribution is -0.149. The second-order valence-electron chi connectivity index (χ2n) is 16.7. The van der Waals surface area contributed by atoms with Crippen molar-refractivity contribution in [2.24, 2.45) is 17.3 Å². The molecule has 52 heavy (non-hydrogen) atoms. The number of hydrogen-bond acceptors (Lipinski definition) is 7. The van der Waals surface area contributed by atoms with E-state index in [9.17, 15) is 33.6 Å². The van der Waals surface area contributed by atoms with E-state index in [-0.39, 0.29) is 41.3 Å². The van der Waals surface area contributed by atoms with Crippen LogP contribution in [-0.2, 0) is 24.0 Å². The van der Waals surface area contributed by atoms with Crippen LogP contribution in [0.4, 0.5) is 0 Å². The van der Waals surface area contributed by atoms with Crippen LogP contribution >= 0.6 is 0 Å². The molecule has 13 nitrogen and oxygen atoms in total. The molecule has 0 unspecified atom stereocenters. The van der Waals surface area contributed by atoms with E-state index >= 15 is 0 Å². The predicted octanol–water partition coefficient (Wildman–Crippen LogP) is 3.56. The maximum Gasteiger partial charge on any atom is 0.289 e. The first-order valence-corrected chi connectivity index (χ1v) is 19.3. The molecule has 3 saturated carbocycles. The minimum Gasteiger partial charge on any atom is -0.354 e. The third kappa shape index (κ3) is 8.44. The van der Waals surface area contributed by atoms with Gasteiger partial charge in [0.15, 0.2) is 5.78 Å². The van der Waals surface area contributed by atoms with Gasteiger partial charge in [-0.2, -0.15) is 0 Å². The van der Waals surface area contributed by atoms with Gasteiger partial charge in [-0.15, -0.1) is 0 Å². The van der Waals surface area contributed by atoms with Crippen LogP contribution in [0.2, 0.25) is 0 Å². The molecule has 286 valence electrons. The topological polar surface area (TPSA) is 187 Å². The van der Waals surface area contributed by atoms with Crippen molar-refractivity contribution >= 4 is 41.1 Å². The molecular formula is C39H58N6O7. The molecule has 1 saturated heterocycles. The number of aromatic amines is 1. The molecule has 5 N–H and O–H groups in total. The molecular weight excluding hydrogens is 664 g/mol. The fraction of sp³-hybridized carbons (Fsp3) is 0.718. The van der Waals surface area contributed by atoms with Crippen molar-refractivity contribution < 1.29 is 33.6 Å². The maximum atomic E-state index is 14.7. The van der Waals surface area contributed by atoms with E-state index in [4.69, 9.17) is 0 Å². The van der Waals surface area contributed by atoms with Crippen molar-refractivity contribution in [3.63, 3.8) is 0 Å². The van der Waals surface area contributed by atoms with E-state index in [1.54, 1.807) is 18.7 Å². The summed E-state index contributed by atoms with van der Waals surface area (Å²) in [6, 6.07) is -3.97. The summed E-state index contributed by atoms with van der Waals surface area (Å²) in [6.07, 6.45) is 9.00. The fourth-order valence-electron chi connectivity index (χ4n) is 8.71. The van der Waals surface area contributed by atoms with Crippen molar-refractivity contribution in [1.82, 2.24) is 31.2 Å². The molecule has 0 aromatic carbocycles. The highest BCUT2D eigenvalue weighted by Crippen LogP contribution is 2.44. The molecule has 1 aliphatic heterocycles. The molecule has 0 radical (unpaired) electrons. The number of carbonyl (C=O) groups is 7. The number of aryl methyl sites for hydroxylation is 1. The van der Waals surface area contributed by atoms with E-state index in [0.717, 1.165) is 57.8 Å². The first-order chi connectivity index (χ1) is 24.5. The van der Waals surface area contributed by atoms with Crippen molar-refractivity contribution in [3.8, 4) is 0 Å². The molecule has 2 heterocycles. The number of rotatable bonds is 14. The van der Waals surface area contributed by atoms with Crippen LogP contribution < -0.4 is 21.3 Å². The highest BCUT2D eigenvalue weighted by molar-refractivity contribution is 6.38. The summed E-state index contributed by atoms with van der Waals surface area (Å²) >= 11 is 0. The van der Waals surface area contributed by atoms with Crippen molar-refractivity contribution in [1.29, 1.82) is 0 Å². The summed E-state index contributed by atoms with van der Waals surface area (Å²) in [5, 5.41) is 11.5. The Balaban J connectivity index is 1.37. The van der Waals surface area contributed by atoms with E-state index in [1.807, 2.05) is 27.7 Å². The zero-order valence-electron chi connectivity index (χ0n) is 31.9. The predicted molar refractivity (Wildman–Crippen MR) is 194 cm³/mol. The summed E-state index contributed by atoms with van der Waals surface area (Å²) in [7, 11) is 0. The van der Waals surface area contributed by atoms with Gasteiger partial charge in [0.1, 0.15) is 23.8 Å². The van der Waals surface area contributed by atoms with Crippen molar-refractivity contribution in [2.45, 2.75) is 162 Å². The van der Waals surface area contributed by atoms with E-state index < -0.39 is 59.0 Å². The fourth-order valence-corrected chi connectivity index (χ4v) is 8.71. The number of nitrogens with zero attached hydrogens (tertiary/aromatic N) is 1. The van der Waals surface area contributed by atoms with Crippen LogP contribution in [0.15, 0.2) is 0 Å². The summed E-state index contributed by atoms with van der Waals surface area (Å²) in [5.41, 5.74) is 1.02. The lowest BCUT2D eigenvalue weighted by Gasteiger charge is -2.41. The van der Waals surface area contributed by atoms with E-state index in [2.05, 4.69) is 26.3 Å². The van der Waals surface area contributed by atoms with Crippen LogP contribution in [0.3, 0.4) is 0 Å². The Morgan fingerprint density at radius 3 is 2.13 bits per heavy atom. The van der Waals surface area contributed by atoms with Gasteiger partial charge >= 0.3 is 0 Å². The molecule has 2 bridgehead atoms. The molecule has 0 spiro atoms. The monoisotopic (exact) mass is 722 g/mol. The highest BCUT2D eigenvalue weighted by Gasteiger charge is 2.54. The van der Waals surface area contributed by atoms with Crippen LogP contribution in [0.1, 0.15) is 144 Å². The standard InChI is InChI=1S/C39H58N6O7/c1-8-12-27(32(47)37(51)41-25-16-17-25)42-36(50)31-24-15-18-26(19-24)45(31)38(52)33(39(5,6)7)44-35(49)30(23-13-10-9-11-14-23)43-34(48)29-20(2)28(22(4)46)21(3)40-29/h23-27,30-31,33,40H,8-19H2,1-7H3,(H,41,51)(H,42,50)(H,43,48)(H,44,49)/t24-,26+,27+,30+,31+,33-/m1/s1. The Hall–Kier alpha value is -4.03. The molecule has 5 amide bonds. The Morgan fingerprint density at radius 1 is 0.885 bits per heavy atom. The van der Waals surface area contributed by atoms with Gasteiger partial charge in [0.25, 0.3) is 11.8 Å². The van der Waals surface area contributed by atoms with Gasteiger partial charge in [0, 0.05) is 23.3 Å². The minimum atomic E-state index is -1.02. The smallest absolute Gasteiger partial charge is 0.289 e. The van der Waals surface area contributed by atoms with Gasteiger partial charge in [0.2, 0.25) is 23.5 Å². The normalized spacial score (nSPS) is 23.4. The van der Waals surface area contributed by atoms with Crippen LogP contribution in [0, 0.1) is 31.1 Å². The molecule has 5 rings (SSSR count). The number of piperidine rings is 1. The second-order valence-corrected chi connectivity index (χ2v) is 16.7. The van der Waals surface area contributed by atoms with Gasteiger partial charge in [-0.3, -0.25) is 33.6 Å². The Labute approximate surface area is 306 Å². The second kappa shape index (κ2) is 15.9. The van der Waals surface area contributed by atoms with Crippen molar-refractivity contribution in [3.05, 3.63) is 22.5 Å². The third-order valence-electron chi connectivity index (χ3n) is 11.6. The lowest BCUT2D eigenvalue weighted by Crippen LogP contribution is -2.64. The number of H-pyrrole nitrogens is 1. The molecule has 1 aromatic heterocycles. The summed E-state index contributed by atoms with van der Waals surface area (Å²) in [5.74, 6) is -3.59. The quantitative estimate of drug-likeness (QED) is 0.144. The maximum absolute atomic E-state index is 14.7. The Bertz CT molecular complexity index is 1580. The molecule has 1 aromatic rings. The van der Waals surface area contributed by atoms with Gasteiger partial charge in [-0.1, -0.05) is 53.4 Å². The number of Topliss-reactive ketones (excluding diaryl/α,β-unsaturated/α-hetero) is 2. The average Bonchev–Trinajstić information content (AvgIpc) is 3.51. The van der Waals surface area contributed by atoms with Crippen LogP contribution in [0.25, 0.3) is 0 Å². The third-order valence-corrected chi connectivity index (χ3v) is 11.6. The number of fused-ring (bicyclic) bond motifs is 2. The van der Waals surface area contributed by atoms with Gasteiger partial charge in [0.05, 0.1) is 6.04 Å². The number of hydrogen-bond donors (Lipinski definition) is 5. The molecule has 13 heteroatoms. The largest absolute Gasteiger partial charge is 0.354 e. The van der Waals surface area contributed by atoms with Gasteiger partial charge in [-0.05, 0) is 95.0 Å². The zero-order chi connectivity index (χ0) is 38.1. The number of aromatic nitrogens is 1. The minimum absolute atomic E-state index is 0.00468. The molecule has 6 atom stereocenters. The van der Waals surface area contributed by atoms with Crippen LogP contribution in [0.5, 0.6) is 0 Å². The lowest BCUT2D eigenvalue weighted by atomic mass is 9.81. The van der Waals surface area contributed by atoms with E-state index in [1.165, 1.54) is 6.92 Å². The number of likely N-dealkylation sites (tertiary alicyclic amines) is 1.